The Hall–Kier alpha value is -3.55. The van der Waals surface area contributed by atoms with Crippen LogP contribution in [-0.2, 0) is 32.0 Å². The molecule has 1 N–H and O–H groups in total. The molecule has 0 bridgehead atoms. The van der Waals surface area contributed by atoms with Crippen LogP contribution in [0.25, 0.3) is 0 Å². The topological polar surface area (TPSA) is 116 Å². The SMILES string of the molecule is CC(=O)[C@H](Cc1ccccc1)NC(=O)COC(=O)Cc1ccccc1[N+](=O)[O-]. The molecule has 0 spiro atoms. The maximum absolute atomic E-state index is 12.0. The number of ether oxygens (including phenoxy) is 1. The number of nitrogens with zero attached hydrogens (tertiary/aromatic N) is 1. The fraction of sp³-hybridized carbons (Fsp3) is 0.250. The van der Waals surface area contributed by atoms with Crippen molar-refractivity contribution in [3.8, 4) is 0 Å². The molecule has 0 saturated carbocycles. The number of nitrogens with one attached hydrogen (secondary N) is 1. The zero-order valence-electron chi connectivity index (χ0n) is 15.3. The average Bonchev–Trinajstić information content (AvgIpc) is 2.67. The summed E-state index contributed by atoms with van der Waals surface area (Å²) in [6, 6.07) is 14.3. The number of esters is 1. The van der Waals surface area contributed by atoms with Crippen LogP contribution < -0.4 is 5.32 Å². The third-order valence-corrected chi connectivity index (χ3v) is 4.00. The zero-order chi connectivity index (χ0) is 20.5. The highest BCUT2D eigenvalue weighted by Crippen LogP contribution is 2.18. The van der Waals surface area contributed by atoms with E-state index in [0.29, 0.717) is 6.42 Å². The number of para-hydroxylation sites is 1. The van der Waals surface area contributed by atoms with Crippen LogP contribution in [0.4, 0.5) is 5.69 Å². The van der Waals surface area contributed by atoms with E-state index in [2.05, 4.69) is 5.32 Å². The molecule has 0 aliphatic carbocycles. The van der Waals surface area contributed by atoms with Crippen LogP contribution in [0.15, 0.2) is 54.6 Å². The molecule has 0 aliphatic heterocycles. The van der Waals surface area contributed by atoms with Gasteiger partial charge in [0.05, 0.1) is 17.4 Å². The van der Waals surface area contributed by atoms with Crippen molar-refractivity contribution in [3.05, 3.63) is 75.8 Å². The molecule has 8 nitrogen and oxygen atoms in total. The summed E-state index contributed by atoms with van der Waals surface area (Å²) >= 11 is 0. The van der Waals surface area contributed by atoms with E-state index in [9.17, 15) is 24.5 Å². The molecule has 2 rings (SSSR count). The predicted molar refractivity (Wildman–Crippen MR) is 101 cm³/mol. The summed E-state index contributed by atoms with van der Waals surface area (Å²) in [5.41, 5.74) is 0.892. The summed E-state index contributed by atoms with van der Waals surface area (Å²) < 4.78 is 4.89. The van der Waals surface area contributed by atoms with Gasteiger partial charge in [-0.15, -0.1) is 0 Å². The normalized spacial score (nSPS) is 11.3. The molecule has 0 radical (unpaired) electrons. The second-order valence-electron chi connectivity index (χ2n) is 6.14. The lowest BCUT2D eigenvalue weighted by Crippen LogP contribution is -2.43. The number of nitro benzene ring substituents is 1. The first kappa shape index (κ1) is 20.8. The van der Waals surface area contributed by atoms with Crippen LogP contribution >= 0.6 is 0 Å². The Balaban J connectivity index is 1.87. The fourth-order valence-corrected chi connectivity index (χ4v) is 2.57. The molecule has 8 heteroatoms. The van der Waals surface area contributed by atoms with Crippen LogP contribution in [0.3, 0.4) is 0 Å². The quantitative estimate of drug-likeness (QED) is 0.402. The van der Waals surface area contributed by atoms with E-state index in [4.69, 9.17) is 4.74 Å². The Labute approximate surface area is 161 Å². The van der Waals surface area contributed by atoms with E-state index >= 15 is 0 Å². The number of hydrogen-bond donors (Lipinski definition) is 1. The molecule has 0 heterocycles. The van der Waals surface area contributed by atoms with Crippen LogP contribution in [0.5, 0.6) is 0 Å². The van der Waals surface area contributed by atoms with Gasteiger partial charge in [-0.05, 0) is 18.9 Å². The zero-order valence-corrected chi connectivity index (χ0v) is 15.3. The molecule has 2 aromatic carbocycles. The number of amides is 1. The van der Waals surface area contributed by atoms with Gasteiger partial charge < -0.3 is 10.1 Å². The molecule has 0 aliphatic rings. The van der Waals surface area contributed by atoms with Crippen molar-refractivity contribution >= 4 is 23.3 Å². The van der Waals surface area contributed by atoms with Crippen LogP contribution in [0, 0.1) is 10.1 Å². The highest BCUT2D eigenvalue weighted by atomic mass is 16.6. The highest BCUT2D eigenvalue weighted by Gasteiger charge is 2.20. The molecule has 0 unspecified atom stereocenters. The van der Waals surface area contributed by atoms with Gasteiger partial charge in [0, 0.05) is 11.6 Å². The molecule has 28 heavy (non-hydrogen) atoms. The van der Waals surface area contributed by atoms with Crippen LogP contribution in [0.2, 0.25) is 0 Å². The summed E-state index contributed by atoms with van der Waals surface area (Å²) in [7, 11) is 0. The number of ketones is 1. The van der Waals surface area contributed by atoms with Crippen LogP contribution in [0.1, 0.15) is 18.1 Å². The molecule has 1 atom stereocenters. The van der Waals surface area contributed by atoms with E-state index in [1.807, 2.05) is 30.3 Å². The van der Waals surface area contributed by atoms with Gasteiger partial charge in [-0.3, -0.25) is 24.5 Å². The maximum Gasteiger partial charge on any atom is 0.311 e. The molecule has 0 saturated heterocycles. The minimum Gasteiger partial charge on any atom is -0.455 e. The van der Waals surface area contributed by atoms with Gasteiger partial charge in [-0.2, -0.15) is 0 Å². The van der Waals surface area contributed by atoms with Gasteiger partial charge >= 0.3 is 5.97 Å². The second kappa shape index (κ2) is 9.96. The number of Topliss-reactive ketones (excluding diaryl/α,β-unsaturated/α-hetero) is 1. The number of carbonyl (C=O) groups excluding carboxylic acids is 3. The molecular formula is C20H20N2O6. The smallest absolute Gasteiger partial charge is 0.311 e. The number of rotatable bonds is 9. The van der Waals surface area contributed by atoms with E-state index in [1.54, 1.807) is 6.07 Å². The lowest BCUT2D eigenvalue weighted by molar-refractivity contribution is -0.385. The lowest BCUT2D eigenvalue weighted by Gasteiger charge is -2.16. The summed E-state index contributed by atoms with van der Waals surface area (Å²) in [6.45, 7) is 0.798. The first-order valence-corrected chi connectivity index (χ1v) is 8.58. The van der Waals surface area contributed by atoms with E-state index in [1.165, 1.54) is 25.1 Å². The van der Waals surface area contributed by atoms with Crippen molar-refractivity contribution in [1.29, 1.82) is 0 Å². The molecule has 146 valence electrons. The van der Waals surface area contributed by atoms with E-state index in [-0.39, 0.29) is 23.5 Å². The fourth-order valence-electron chi connectivity index (χ4n) is 2.57. The van der Waals surface area contributed by atoms with Crippen molar-refractivity contribution in [2.75, 3.05) is 6.61 Å². The van der Waals surface area contributed by atoms with Crippen molar-refractivity contribution in [2.45, 2.75) is 25.8 Å². The van der Waals surface area contributed by atoms with Crippen molar-refractivity contribution in [3.63, 3.8) is 0 Å². The van der Waals surface area contributed by atoms with Gasteiger partial charge in [0.25, 0.3) is 11.6 Å². The van der Waals surface area contributed by atoms with E-state index < -0.39 is 29.4 Å². The second-order valence-corrected chi connectivity index (χ2v) is 6.14. The third kappa shape index (κ3) is 6.31. The maximum atomic E-state index is 12.0. The van der Waals surface area contributed by atoms with E-state index in [0.717, 1.165) is 5.56 Å². The number of carbonyl (C=O) groups is 3. The van der Waals surface area contributed by atoms with Crippen LogP contribution in [-0.4, -0.2) is 35.2 Å². The summed E-state index contributed by atoms with van der Waals surface area (Å²) in [4.78, 5) is 46.1. The molecule has 0 aromatic heterocycles. The summed E-state index contributed by atoms with van der Waals surface area (Å²) in [5.74, 6) is -1.61. The molecule has 1 amide bonds. The number of nitro groups is 1. The highest BCUT2D eigenvalue weighted by molar-refractivity contribution is 5.89. The van der Waals surface area contributed by atoms with Crippen molar-refractivity contribution in [2.24, 2.45) is 0 Å². The molecule has 0 fully saturated rings. The van der Waals surface area contributed by atoms with Gasteiger partial charge in [-0.1, -0.05) is 48.5 Å². The van der Waals surface area contributed by atoms with Gasteiger partial charge in [0.15, 0.2) is 12.4 Å². The third-order valence-electron chi connectivity index (χ3n) is 4.00. The summed E-state index contributed by atoms with van der Waals surface area (Å²) in [5, 5.41) is 13.5. The Kier molecular flexibility index (Phi) is 7.38. The molecule has 2 aromatic rings. The average molecular weight is 384 g/mol. The first-order chi connectivity index (χ1) is 13.4. The number of benzene rings is 2. The van der Waals surface area contributed by atoms with Crippen molar-refractivity contribution in [1.82, 2.24) is 5.32 Å². The minimum atomic E-state index is -0.771. The molecular weight excluding hydrogens is 364 g/mol. The predicted octanol–water partition coefficient (Wildman–Crippen LogP) is 2.00. The first-order valence-electron chi connectivity index (χ1n) is 8.58. The Morgan fingerprint density at radius 1 is 1.07 bits per heavy atom. The standard InChI is InChI=1S/C20H20N2O6/c1-14(23)17(11-15-7-3-2-4-8-15)21-19(24)13-28-20(25)12-16-9-5-6-10-18(16)22(26)27/h2-10,17H,11-13H2,1H3,(H,21,24)/t17-/m0/s1. The lowest BCUT2D eigenvalue weighted by atomic mass is 10.0. The van der Waals surface area contributed by atoms with Crippen molar-refractivity contribution < 1.29 is 24.0 Å². The van der Waals surface area contributed by atoms with Gasteiger partial charge in [0.2, 0.25) is 0 Å². The number of hydrogen-bond acceptors (Lipinski definition) is 6. The summed E-state index contributed by atoms with van der Waals surface area (Å²) in [6.07, 6.45) is -0.00332. The van der Waals surface area contributed by atoms with Gasteiger partial charge in [0.1, 0.15) is 0 Å². The largest absolute Gasteiger partial charge is 0.455 e. The van der Waals surface area contributed by atoms with Gasteiger partial charge in [-0.25, -0.2) is 0 Å². The Morgan fingerprint density at radius 3 is 2.36 bits per heavy atom. The Morgan fingerprint density at radius 2 is 1.71 bits per heavy atom. The minimum absolute atomic E-state index is 0.191. The Bertz CT molecular complexity index is 866. The monoisotopic (exact) mass is 384 g/mol.